The number of ether oxygens (including phenoxy) is 1. The highest BCUT2D eigenvalue weighted by Gasteiger charge is 2.46. The molecule has 1 atom stereocenters. The van der Waals surface area contributed by atoms with Crippen molar-refractivity contribution in [2.45, 2.75) is 12.6 Å². The molecule has 2 aromatic carbocycles. The molecule has 6 nitrogen and oxygen atoms in total. The maximum atomic E-state index is 13.0. The molecule has 0 radical (unpaired) electrons. The Morgan fingerprint density at radius 1 is 1.10 bits per heavy atom. The maximum absolute atomic E-state index is 13.0. The Bertz CT molecular complexity index is 1190. The number of carbonyl (C=O) groups is 2. The van der Waals surface area contributed by atoms with Crippen molar-refractivity contribution in [2.75, 3.05) is 7.11 Å². The standard InChI is InChI=1S/C23H17Cl2NO5/c1-30-15-5-2-4-14(10-15)21(27)19-20(13-7-8-17(24)18(25)11-13)26(23(29)22(19)28)12-16-6-3-9-31-16/h2-11,20,27H,12H2,1H3. The molecular formula is C23H17Cl2NO5. The van der Waals surface area contributed by atoms with E-state index in [0.29, 0.717) is 27.7 Å². The van der Waals surface area contributed by atoms with E-state index in [4.69, 9.17) is 32.4 Å². The number of aliphatic hydroxyl groups excluding tert-OH is 1. The van der Waals surface area contributed by atoms with Gasteiger partial charge in [0.1, 0.15) is 17.3 Å². The molecule has 0 spiro atoms. The Balaban J connectivity index is 1.89. The largest absolute Gasteiger partial charge is 0.507 e. The molecule has 31 heavy (non-hydrogen) atoms. The van der Waals surface area contributed by atoms with Crippen molar-refractivity contribution in [3.63, 3.8) is 0 Å². The summed E-state index contributed by atoms with van der Waals surface area (Å²) in [6.45, 7) is 0.0391. The van der Waals surface area contributed by atoms with E-state index in [1.807, 2.05) is 0 Å². The molecule has 1 aliphatic rings. The van der Waals surface area contributed by atoms with Crippen LogP contribution in [0, 0.1) is 0 Å². The van der Waals surface area contributed by atoms with Gasteiger partial charge in [-0.05, 0) is 42.0 Å². The number of Topliss-reactive ketones (excluding diaryl/α,β-unsaturated/α-hetero) is 1. The highest BCUT2D eigenvalue weighted by Crippen LogP contribution is 2.42. The number of amides is 1. The van der Waals surface area contributed by atoms with Crippen molar-refractivity contribution in [2.24, 2.45) is 0 Å². The lowest BCUT2D eigenvalue weighted by molar-refractivity contribution is -0.140. The number of ketones is 1. The van der Waals surface area contributed by atoms with E-state index < -0.39 is 17.7 Å². The van der Waals surface area contributed by atoms with Crippen LogP contribution in [0.25, 0.3) is 5.76 Å². The van der Waals surface area contributed by atoms with Crippen molar-refractivity contribution in [3.05, 3.63) is 93.4 Å². The van der Waals surface area contributed by atoms with Gasteiger partial charge < -0.3 is 19.2 Å². The number of hydrogen-bond donors (Lipinski definition) is 1. The van der Waals surface area contributed by atoms with E-state index in [2.05, 4.69) is 0 Å². The number of methoxy groups -OCH3 is 1. The Morgan fingerprint density at radius 2 is 1.90 bits per heavy atom. The normalized spacial score (nSPS) is 17.9. The first kappa shape index (κ1) is 21.0. The zero-order valence-corrected chi connectivity index (χ0v) is 17.9. The van der Waals surface area contributed by atoms with Gasteiger partial charge in [-0.1, -0.05) is 41.4 Å². The van der Waals surface area contributed by atoms with Crippen LogP contribution >= 0.6 is 23.2 Å². The highest BCUT2D eigenvalue weighted by atomic mass is 35.5. The average molecular weight is 458 g/mol. The number of nitrogens with zero attached hydrogens (tertiary/aromatic N) is 1. The number of hydrogen-bond acceptors (Lipinski definition) is 5. The molecule has 1 fully saturated rings. The zero-order chi connectivity index (χ0) is 22.1. The third-order valence-electron chi connectivity index (χ3n) is 5.05. The fraction of sp³-hybridized carbons (Fsp3) is 0.130. The van der Waals surface area contributed by atoms with E-state index in [1.165, 1.54) is 18.3 Å². The molecule has 0 saturated carbocycles. The summed E-state index contributed by atoms with van der Waals surface area (Å²) in [4.78, 5) is 27.3. The van der Waals surface area contributed by atoms with Crippen LogP contribution in [-0.4, -0.2) is 28.8 Å². The predicted octanol–water partition coefficient (Wildman–Crippen LogP) is 5.22. The van der Waals surface area contributed by atoms with Crippen LogP contribution in [0.2, 0.25) is 10.0 Å². The molecule has 1 unspecified atom stereocenters. The fourth-order valence-corrected chi connectivity index (χ4v) is 3.87. The second-order valence-corrected chi connectivity index (χ2v) is 7.73. The smallest absolute Gasteiger partial charge is 0.296 e. The van der Waals surface area contributed by atoms with Crippen molar-refractivity contribution >= 4 is 40.7 Å². The van der Waals surface area contributed by atoms with E-state index in [9.17, 15) is 14.7 Å². The molecule has 2 heterocycles. The zero-order valence-electron chi connectivity index (χ0n) is 16.3. The molecule has 8 heteroatoms. The number of furan rings is 1. The number of halogens is 2. The van der Waals surface area contributed by atoms with Gasteiger partial charge in [-0.2, -0.15) is 0 Å². The van der Waals surface area contributed by atoms with Crippen molar-refractivity contribution < 1.29 is 23.8 Å². The molecule has 1 saturated heterocycles. The first-order valence-corrected chi connectivity index (χ1v) is 10.1. The molecule has 0 aliphatic carbocycles. The van der Waals surface area contributed by atoms with Crippen LogP contribution in [-0.2, 0) is 16.1 Å². The van der Waals surface area contributed by atoms with Gasteiger partial charge in [0, 0.05) is 5.56 Å². The third-order valence-corrected chi connectivity index (χ3v) is 5.79. The monoisotopic (exact) mass is 457 g/mol. The number of aliphatic hydroxyl groups is 1. The van der Waals surface area contributed by atoms with E-state index in [0.717, 1.165) is 0 Å². The minimum Gasteiger partial charge on any atom is -0.507 e. The highest BCUT2D eigenvalue weighted by molar-refractivity contribution is 6.46. The van der Waals surface area contributed by atoms with Gasteiger partial charge in [-0.3, -0.25) is 9.59 Å². The van der Waals surface area contributed by atoms with Gasteiger partial charge in [-0.25, -0.2) is 0 Å². The second kappa shape index (κ2) is 8.49. The van der Waals surface area contributed by atoms with Crippen LogP contribution in [0.3, 0.4) is 0 Å². The van der Waals surface area contributed by atoms with Crippen molar-refractivity contribution in [1.29, 1.82) is 0 Å². The summed E-state index contributed by atoms with van der Waals surface area (Å²) in [7, 11) is 1.50. The number of carbonyl (C=O) groups excluding carboxylic acids is 2. The Morgan fingerprint density at radius 3 is 2.58 bits per heavy atom. The lowest BCUT2D eigenvalue weighted by Crippen LogP contribution is -2.29. The first-order chi connectivity index (χ1) is 14.9. The summed E-state index contributed by atoms with van der Waals surface area (Å²) < 4.78 is 10.6. The van der Waals surface area contributed by atoms with Crippen LogP contribution in [0.15, 0.2) is 70.9 Å². The molecule has 158 valence electrons. The summed E-state index contributed by atoms with van der Waals surface area (Å²) >= 11 is 12.3. The number of rotatable bonds is 5. The van der Waals surface area contributed by atoms with E-state index in [1.54, 1.807) is 54.6 Å². The quantitative estimate of drug-likeness (QED) is 0.322. The summed E-state index contributed by atoms with van der Waals surface area (Å²) in [6.07, 6.45) is 1.48. The summed E-state index contributed by atoms with van der Waals surface area (Å²) in [5.74, 6) is -0.872. The molecule has 1 aromatic heterocycles. The van der Waals surface area contributed by atoms with E-state index in [-0.39, 0.29) is 22.9 Å². The molecule has 3 aromatic rings. The minimum absolute atomic E-state index is 0.0391. The molecular weight excluding hydrogens is 441 g/mol. The van der Waals surface area contributed by atoms with Crippen LogP contribution < -0.4 is 4.74 Å². The molecule has 1 N–H and O–H groups in total. The molecule has 1 aliphatic heterocycles. The van der Waals surface area contributed by atoms with Gasteiger partial charge in [-0.15, -0.1) is 0 Å². The SMILES string of the molecule is COc1cccc(C(O)=C2C(=O)C(=O)N(Cc3ccco3)C2c2ccc(Cl)c(Cl)c2)c1. The van der Waals surface area contributed by atoms with Crippen LogP contribution in [0.5, 0.6) is 5.75 Å². The predicted molar refractivity (Wildman–Crippen MR) is 116 cm³/mol. The third kappa shape index (κ3) is 3.92. The number of likely N-dealkylation sites (tertiary alicyclic amines) is 1. The maximum Gasteiger partial charge on any atom is 0.296 e. The lowest BCUT2D eigenvalue weighted by atomic mass is 9.95. The molecule has 4 rings (SSSR count). The van der Waals surface area contributed by atoms with Gasteiger partial charge in [0.05, 0.1) is 41.6 Å². The topological polar surface area (TPSA) is 80.0 Å². The summed E-state index contributed by atoms with van der Waals surface area (Å²) in [5, 5.41) is 11.7. The lowest BCUT2D eigenvalue weighted by Gasteiger charge is -2.24. The van der Waals surface area contributed by atoms with Gasteiger partial charge in [0.2, 0.25) is 0 Å². The summed E-state index contributed by atoms with van der Waals surface area (Å²) in [5.41, 5.74) is 0.827. The fourth-order valence-electron chi connectivity index (χ4n) is 3.57. The average Bonchev–Trinajstić information content (AvgIpc) is 3.38. The number of benzene rings is 2. The van der Waals surface area contributed by atoms with Gasteiger partial charge in [0.15, 0.2) is 0 Å². The van der Waals surface area contributed by atoms with Crippen molar-refractivity contribution in [1.82, 2.24) is 4.90 Å². The van der Waals surface area contributed by atoms with E-state index >= 15 is 0 Å². The molecule has 0 bridgehead atoms. The van der Waals surface area contributed by atoms with Gasteiger partial charge >= 0.3 is 0 Å². The minimum atomic E-state index is -0.883. The van der Waals surface area contributed by atoms with Gasteiger partial charge in [0.25, 0.3) is 11.7 Å². The Labute approximate surface area is 188 Å². The Kier molecular flexibility index (Phi) is 5.76. The van der Waals surface area contributed by atoms with Crippen LogP contribution in [0.4, 0.5) is 0 Å². The first-order valence-electron chi connectivity index (χ1n) is 9.31. The molecule has 1 amide bonds. The van der Waals surface area contributed by atoms with Crippen LogP contribution in [0.1, 0.15) is 22.9 Å². The Hall–Kier alpha value is -3.22. The van der Waals surface area contributed by atoms with Crippen molar-refractivity contribution in [3.8, 4) is 5.75 Å². The summed E-state index contributed by atoms with van der Waals surface area (Å²) in [6, 6.07) is 13.9. The second-order valence-electron chi connectivity index (χ2n) is 6.91.